The molecule has 0 aliphatic heterocycles. The summed E-state index contributed by atoms with van der Waals surface area (Å²) in [7, 11) is 0. The van der Waals surface area contributed by atoms with Gasteiger partial charge in [-0.1, -0.05) is 96.4 Å². The summed E-state index contributed by atoms with van der Waals surface area (Å²) in [6.07, 6.45) is 19.0. The summed E-state index contributed by atoms with van der Waals surface area (Å²) < 4.78 is 0. The largest absolute Gasteiger partial charge is 0.299 e. The van der Waals surface area contributed by atoms with E-state index in [-0.39, 0.29) is 11.3 Å². The SMILES string of the molecule is CC(C)CCC[C@@H](C)[C@H]1CC[C@H]2[C@@H]3CCC4CC(/C=C\c5ccccc5)C(=O)C[C@]4(C)[C@H]3CC[C@]12C. The first-order valence-electron chi connectivity index (χ1n) is 15.5. The van der Waals surface area contributed by atoms with Gasteiger partial charge in [0.25, 0.3) is 0 Å². The van der Waals surface area contributed by atoms with E-state index in [1.807, 2.05) is 0 Å². The minimum absolute atomic E-state index is 0.122. The van der Waals surface area contributed by atoms with Gasteiger partial charge in [0.2, 0.25) is 0 Å². The lowest BCUT2D eigenvalue weighted by Crippen LogP contribution is -2.55. The molecule has 0 spiro atoms. The molecule has 1 heteroatoms. The molecule has 1 aromatic carbocycles. The molecule has 4 aliphatic rings. The average Bonchev–Trinajstić information content (AvgIpc) is 3.20. The van der Waals surface area contributed by atoms with E-state index in [4.69, 9.17) is 0 Å². The third-order valence-electron chi connectivity index (χ3n) is 12.1. The highest BCUT2D eigenvalue weighted by Gasteiger charge is 2.61. The highest BCUT2D eigenvalue weighted by molar-refractivity contribution is 5.85. The van der Waals surface area contributed by atoms with E-state index in [9.17, 15) is 4.79 Å². The van der Waals surface area contributed by atoms with E-state index >= 15 is 0 Å². The van der Waals surface area contributed by atoms with Gasteiger partial charge in [0, 0.05) is 12.3 Å². The van der Waals surface area contributed by atoms with E-state index in [0.29, 0.717) is 11.2 Å². The van der Waals surface area contributed by atoms with Gasteiger partial charge in [0.15, 0.2) is 0 Å². The third kappa shape index (κ3) is 4.78. The number of allylic oxidation sites excluding steroid dienone is 1. The smallest absolute Gasteiger partial charge is 0.140 e. The fourth-order valence-electron chi connectivity index (χ4n) is 10.1. The molecule has 2 unspecified atom stereocenters. The molecule has 5 rings (SSSR count). The predicted molar refractivity (Wildman–Crippen MR) is 152 cm³/mol. The minimum atomic E-state index is 0.122. The predicted octanol–water partition coefficient (Wildman–Crippen LogP) is 9.62. The van der Waals surface area contributed by atoms with Gasteiger partial charge in [-0.05, 0) is 103 Å². The lowest BCUT2D eigenvalue weighted by Gasteiger charge is -2.61. The van der Waals surface area contributed by atoms with Gasteiger partial charge in [-0.3, -0.25) is 4.79 Å². The van der Waals surface area contributed by atoms with E-state index in [1.54, 1.807) is 0 Å². The Balaban J connectivity index is 1.27. The van der Waals surface area contributed by atoms with Crippen molar-refractivity contribution in [3.8, 4) is 0 Å². The molecule has 0 saturated heterocycles. The second kappa shape index (κ2) is 10.4. The topological polar surface area (TPSA) is 17.1 Å². The van der Waals surface area contributed by atoms with Crippen LogP contribution in [0, 0.1) is 58.2 Å². The molecule has 1 aromatic rings. The molecule has 4 fully saturated rings. The second-order valence-corrected chi connectivity index (χ2v) is 14.4. The number of carbonyl (C=O) groups excluding carboxylic acids is 1. The number of hydrogen-bond donors (Lipinski definition) is 0. The summed E-state index contributed by atoms with van der Waals surface area (Å²) in [6.45, 7) is 12.5. The molecule has 0 N–H and O–H groups in total. The van der Waals surface area contributed by atoms with Crippen molar-refractivity contribution in [3.63, 3.8) is 0 Å². The van der Waals surface area contributed by atoms with Crippen molar-refractivity contribution in [2.75, 3.05) is 0 Å². The van der Waals surface area contributed by atoms with Crippen LogP contribution in [0.25, 0.3) is 6.08 Å². The Morgan fingerprint density at radius 1 is 0.917 bits per heavy atom. The normalized spacial score (nSPS) is 41.2. The maximum atomic E-state index is 13.5. The Morgan fingerprint density at radius 2 is 1.67 bits per heavy atom. The molecule has 9 atom stereocenters. The highest BCUT2D eigenvalue weighted by Crippen LogP contribution is 2.68. The van der Waals surface area contributed by atoms with Crippen molar-refractivity contribution in [2.45, 2.75) is 105 Å². The van der Waals surface area contributed by atoms with Crippen LogP contribution in [-0.4, -0.2) is 5.78 Å². The number of carbonyl (C=O) groups is 1. The molecule has 0 amide bonds. The fourth-order valence-corrected chi connectivity index (χ4v) is 10.1. The Morgan fingerprint density at radius 3 is 2.42 bits per heavy atom. The average molecular weight is 489 g/mol. The molecule has 4 saturated carbocycles. The van der Waals surface area contributed by atoms with Crippen molar-refractivity contribution in [3.05, 3.63) is 42.0 Å². The minimum Gasteiger partial charge on any atom is -0.299 e. The highest BCUT2D eigenvalue weighted by atomic mass is 16.1. The maximum Gasteiger partial charge on any atom is 0.140 e. The zero-order chi connectivity index (χ0) is 25.5. The molecular weight excluding hydrogens is 436 g/mol. The lowest BCUT2D eigenvalue weighted by molar-refractivity contribution is -0.146. The van der Waals surface area contributed by atoms with Crippen LogP contribution in [0.3, 0.4) is 0 Å². The van der Waals surface area contributed by atoms with Crippen molar-refractivity contribution < 1.29 is 4.79 Å². The third-order valence-corrected chi connectivity index (χ3v) is 12.1. The monoisotopic (exact) mass is 488 g/mol. The Labute approximate surface area is 221 Å². The van der Waals surface area contributed by atoms with Crippen LogP contribution >= 0.6 is 0 Å². The van der Waals surface area contributed by atoms with Gasteiger partial charge in [-0.2, -0.15) is 0 Å². The van der Waals surface area contributed by atoms with Gasteiger partial charge in [0.1, 0.15) is 5.78 Å². The zero-order valence-corrected chi connectivity index (χ0v) is 23.8. The quantitative estimate of drug-likeness (QED) is 0.373. The molecular formula is C35H52O. The zero-order valence-electron chi connectivity index (χ0n) is 23.8. The molecule has 1 nitrogen and oxygen atoms in total. The Bertz CT molecular complexity index is 929. The molecule has 0 bridgehead atoms. The lowest BCUT2D eigenvalue weighted by atomic mass is 9.44. The van der Waals surface area contributed by atoms with Crippen LogP contribution in [-0.2, 0) is 4.79 Å². The van der Waals surface area contributed by atoms with E-state index < -0.39 is 0 Å². The first-order valence-corrected chi connectivity index (χ1v) is 15.5. The van der Waals surface area contributed by atoms with Gasteiger partial charge in [-0.25, -0.2) is 0 Å². The van der Waals surface area contributed by atoms with Gasteiger partial charge in [-0.15, -0.1) is 0 Å². The first kappa shape index (κ1) is 26.2. The van der Waals surface area contributed by atoms with Gasteiger partial charge >= 0.3 is 0 Å². The van der Waals surface area contributed by atoms with E-state index in [0.717, 1.165) is 54.3 Å². The number of Topliss-reactive ketones (excluding diaryl/α,β-unsaturated/α-hetero) is 1. The number of rotatable bonds is 7. The second-order valence-electron chi connectivity index (χ2n) is 14.4. The molecule has 4 aliphatic carbocycles. The summed E-state index contributed by atoms with van der Waals surface area (Å²) in [5.74, 6) is 6.51. The Hall–Kier alpha value is -1.37. The fraction of sp³-hybridized carbons (Fsp3) is 0.743. The number of benzene rings is 1. The Kier molecular flexibility index (Phi) is 7.59. The number of fused-ring (bicyclic) bond motifs is 5. The summed E-state index contributed by atoms with van der Waals surface area (Å²) in [4.78, 5) is 13.5. The van der Waals surface area contributed by atoms with Crippen LogP contribution in [0.5, 0.6) is 0 Å². The van der Waals surface area contributed by atoms with Crippen LogP contribution < -0.4 is 0 Å². The van der Waals surface area contributed by atoms with Crippen molar-refractivity contribution in [2.24, 2.45) is 58.2 Å². The van der Waals surface area contributed by atoms with Gasteiger partial charge < -0.3 is 0 Å². The summed E-state index contributed by atoms with van der Waals surface area (Å²) >= 11 is 0. The van der Waals surface area contributed by atoms with E-state index in [2.05, 4.69) is 77.1 Å². The maximum absolute atomic E-state index is 13.5. The van der Waals surface area contributed by atoms with Crippen molar-refractivity contribution in [1.29, 1.82) is 0 Å². The van der Waals surface area contributed by atoms with Gasteiger partial charge in [0.05, 0.1) is 0 Å². The van der Waals surface area contributed by atoms with Crippen LogP contribution in [0.4, 0.5) is 0 Å². The first-order chi connectivity index (χ1) is 17.2. The standard InChI is InChI=1S/C35H52O/c1-24(2)10-9-11-25(3)30-18-19-31-29-17-16-28-22-27(15-14-26-12-7-6-8-13-26)33(36)23-35(28,5)32(29)20-21-34(30,31)4/h6-8,12-15,24-25,27-32H,9-11,16-23H2,1-5H3/b15-14-/t25-,27?,28?,29+,30-,31+,32+,34-,35+/m1/s1. The van der Waals surface area contributed by atoms with E-state index in [1.165, 1.54) is 63.4 Å². The molecule has 0 radical (unpaired) electrons. The van der Waals surface area contributed by atoms with Crippen molar-refractivity contribution in [1.82, 2.24) is 0 Å². The number of hydrogen-bond acceptors (Lipinski definition) is 1. The van der Waals surface area contributed by atoms with Crippen LogP contribution in [0.15, 0.2) is 36.4 Å². The van der Waals surface area contributed by atoms with Crippen molar-refractivity contribution >= 4 is 11.9 Å². The summed E-state index contributed by atoms with van der Waals surface area (Å²) in [5, 5.41) is 0. The molecule has 36 heavy (non-hydrogen) atoms. The summed E-state index contributed by atoms with van der Waals surface area (Å²) in [5.41, 5.74) is 1.99. The number of ketones is 1. The summed E-state index contributed by atoms with van der Waals surface area (Å²) in [6, 6.07) is 10.5. The molecule has 198 valence electrons. The molecule has 0 aromatic heterocycles. The van der Waals surface area contributed by atoms with Crippen LogP contribution in [0.2, 0.25) is 0 Å². The van der Waals surface area contributed by atoms with Crippen LogP contribution in [0.1, 0.15) is 111 Å². The molecule has 0 heterocycles.